The lowest BCUT2D eigenvalue weighted by Crippen LogP contribution is -2.24. The zero-order valence-electron chi connectivity index (χ0n) is 16.4. The highest BCUT2D eigenvalue weighted by molar-refractivity contribution is 7.99. The van der Waals surface area contributed by atoms with E-state index in [1.165, 1.54) is 17.3 Å². The van der Waals surface area contributed by atoms with Crippen LogP contribution in [0.25, 0.3) is 10.9 Å². The molecule has 0 saturated heterocycles. The summed E-state index contributed by atoms with van der Waals surface area (Å²) in [6.45, 7) is 5.62. The molecule has 0 bridgehead atoms. The third-order valence-corrected chi connectivity index (χ3v) is 5.20. The van der Waals surface area contributed by atoms with E-state index in [-0.39, 0.29) is 5.91 Å². The third-order valence-electron chi connectivity index (χ3n) is 4.35. The summed E-state index contributed by atoms with van der Waals surface area (Å²) in [6, 6.07) is 16.1. The molecule has 28 heavy (non-hydrogen) atoms. The number of carbonyl (C=O) groups excluding carboxylic acids is 1. The molecular formula is C22H26N4OS. The minimum Gasteiger partial charge on any atom is -0.369 e. The second-order valence-electron chi connectivity index (χ2n) is 6.70. The molecule has 0 spiro atoms. The Balaban J connectivity index is 1.61. The predicted octanol–water partition coefficient (Wildman–Crippen LogP) is 4.56. The van der Waals surface area contributed by atoms with Crippen molar-refractivity contribution in [1.82, 2.24) is 15.3 Å². The summed E-state index contributed by atoms with van der Waals surface area (Å²) in [5, 5.41) is 7.97. The Bertz CT molecular complexity index is 927. The molecular weight excluding hydrogens is 368 g/mol. The number of anilines is 1. The largest absolute Gasteiger partial charge is 0.369 e. The van der Waals surface area contributed by atoms with E-state index in [1.807, 2.05) is 55.5 Å². The van der Waals surface area contributed by atoms with E-state index in [2.05, 4.69) is 27.5 Å². The van der Waals surface area contributed by atoms with Crippen LogP contribution in [0, 0.1) is 6.92 Å². The normalized spacial score (nSPS) is 10.8. The van der Waals surface area contributed by atoms with Crippen LogP contribution in [0.2, 0.25) is 0 Å². The van der Waals surface area contributed by atoms with Crippen LogP contribution in [0.5, 0.6) is 0 Å². The van der Waals surface area contributed by atoms with Crippen molar-refractivity contribution in [3.63, 3.8) is 0 Å². The van der Waals surface area contributed by atoms with Gasteiger partial charge in [0.1, 0.15) is 5.82 Å². The fraction of sp³-hybridized carbons (Fsp3) is 0.318. The minimum absolute atomic E-state index is 0.0252. The van der Waals surface area contributed by atoms with Gasteiger partial charge in [-0.1, -0.05) is 67.1 Å². The fourth-order valence-corrected chi connectivity index (χ4v) is 3.41. The molecule has 1 aromatic heterocycles. The highest BCUT2D eigenvalue weighted by atomic mass is 32.2. The van der Waals surface area contributed by atoms with Gasteiger partial charge in [0.25, 0.3) is 0 Å². The number of fused-ring (bicyclic) bond motifs is 1. The van der Waals surface area contributed by atoms with Gasteiger partial charge < -0.3 is 10.6 Å². The van der Waals surface area contributed by atoms with Crippen molar-refractivity contribution in [2.24, 2.45) is 0 Å². The number of nitrogens with zero attached hydrogens (tertiary/aromatic N) is 2. The lowest BCUT2D eigenvalue weighted by atomic mass is 10.1. The van der Waals surface area contributed by atoms with Crippen LogP contribution >= 0.6 is 11.8 Å². The van der Waals surface area contributed by atoms with Crippen LogP contribution in [-0.2, 0) is 11.3 Å². The van der Waals surface area contributed by atoms with Gasteiger partial charge >= 0.3 is 0 Å². The Morgan fingerprint density at radius 3 is 2.64 bits per heavy atom. The summed E-state index contributed by atoms with van der Waals surface area (Å²) in [5.41, 5.74) is 3.19. The van der Waals surface area contributed by atoms with E-state index in [0.29, 0.717) is 17.5 Å². The van der Waals surface area contributed by atoms with Crippen molar-refractivity contribution >= 4 is 34.4 Å². The number of hydrogen-bond donors (Lipinski definition) is 2. The van der Waals surface area contributed by atoms with Gasteiger partial charge in [-0.05, 0) is 31.0 Å². The zero-order chi connectivity index (χ0) is 19.8. The highest BCUT2D eigenvalue weighted by Gasteiger charge is 2.10. The summed E-state index contributed by atoms with van der Waals surface area (Å²) >= 11 is 1.36. The molecule has 3 rings (SSSR count). The lowest BCUT2D eigenvalue weighted by molar-refractivity contribution is -0.118. The number of unbranched alkanes of at least 4 members (excludes halogenated alkanes) is 1. The number of thioether (sulfide) groups is 1. The molecule has 0 aliphatic heterocycles. The first-order valence-electron chi connectivity index (χ1n) is 9.61. The standard InChI is InChI=1S/C22H26N4OS/c1-3-4-13-23-21-18-7-5-6-8-19(18)25-22(26-21)28-15-20(27)24-14-17-11-9-16(2)10-12-17/h5-12H,3-4,13-15H2,1-2H3,(H,24,27)(H,23,25,26). The Kier molecular flexibility index (Phi) is 7.25. The number of nitrogens with one attached hydrogen (secondary N) is 2. The van der Waals surface area contributed by atoms with Gasteiger partial charge in [0.05, 0.1) is 11.3 Å². The average Bonchev–Trinajstić information content (AvgIpc) is 2.72. The molecule has 1 amide bonds. The summed E-state index contributed by atoms with van der Waals surface area (Å²) in [6.07, 6.45) is 2.21. The van der Waals surface area contributed by atoms with Crippen LogP contribution in [0.1, 0.15) is 30.9 Å². The Hall–Kier alpha value is -2.60. The number of carbonyl (C=O) groups is 1. The second-order valence-corrected chi connectivity index (χ2v) is 7.65. The minimum atomic E-state index is -0.0252. The zero-order valence-corrected chi connectivity index (χ0v) is 17.2. The molecule has 6 heteroatoms. The number of rotatable bonds is 9. The molecule has 0 fully saturated rings. The van der Waals surface area contributed by atoms with E-state index in [9.17, 15) is 4.79 Å². The maximum Gasteiger partial charge on any atom is 0.230 e. The lowest BCUT2D eigenvalue weighted by Gasteiger charge is -2.10. The molecule has 0 unspecified atom stereocenters. The van der Waals surface area contributed by atoms with Crippen LogP contribution < -0.4 is 10.6 Å². The van der Waals surface area contributed by atoms with Gasteiger partial charge in [-0.3, -0.25) is 4.79 Å². The smallest absolute Gasteiger partial charge is 0.230 e. The molecule has 0 saturated carbocycles. The van der Waals surface area contributed by atoms with E-state index in [1.54, 1.807) is 0 Å². The first kappa shape index (κ1) is 20.1. The first-order valence-corrected chi connectivity index (χ1v) is 10.6. The molecule has 0 aliphatic carbocycles. The topological polar surface area (TPSA) is 66.9 Å². The molecule has 1 heterocycles. The predicted molar refractivity (Wildman–Crippen MR) is 117 cm³/mol. The molecule has 0 atom stereocenters. The number of benzene rings is 2. The fourth-order valence-electron chi connectivity index (χ4n) is 2.73. The maximum atomic E-state index is 12.2. The van der Waals surface area contributed by atoms with E-state index in [0.717, 1.165) is 41.7 Å². The van der Waals surface area contributed by atoms with Crippen molar-refractivity contribution in [3.05, 3.63) is 59.7 Å². The molecule has 2 N–H and O–H groups in total. The Morgan fingerprint density at radius 1 is 1.07 bits per heavy atom. The highest BCUT2D eigenvalue weighted by Crippen LogP contribution is 2.24. The number of hydrogen-bond acceptors (Lipinski definition) is 5. The van der Waals surface area contributed by atoms with Crippen molar-refractivity contribution < 1.29 is 4.79 Å². The van der Waals surface area contributed by atoms with Crippen molar-refractivity contribution in [3.8, 4) is 0 Å². The third kappa shape index (κ3) is 5.70. The van der Waals surface area contributed by atoms with Crippen molar-refractivity contribution in [2.45, 2.75) is 38.4 Å². The monoisotopic (exact) mass is 394 g/mol. The van der Waals surface area contributed by atoms with Gasteiger partial charge in [-0.25, -0.2) is 9.97 Å². The number of para-hydroxylation sites is 1. The van der Waals surface area contributed by atoms with E-state index >= 15 is 0 Å². The molecule has 5 nitrogen and oxygen atoms in total. The van der Waals surface area contributed by atoms with Gasteiger partial charge in [0.2, 0.25) is 5.91 Å². The summed E-state index contributed by atoms with van der Waals surface area (Å²) < 4.78 is 0. The Morgan fingerprint density at radius 2 is 1.86 bits per heavy atom. The van der Waals surface area contributed by atoms with Gasteiger partial charge in [0, 0.05) is 18.5 Å². The van der Waals surface area contributed by atoms with Crippen LogP contribution in [0.15, 0.2) is 53.7 Å². The quantitative estimate of drug-likeness (QED) is 0.316. The summed E-state index contributed by atoms with van der Waals surface area (Å²) in [7, 11) is 0. The molecule has 146 valence electrons. The molecule has 0 radical (unpaired) electrons. The molecule has 0 aliphatic rings. The van der Waals surface area contributed by atoms with Crippen LogP contribution in [0.4, 0.5) is 5.82 Å². The second kappa shape index (κ2) is 10.1. The first-order chi connectivity index (χ1) is 13.7. The van der Waals surface area contributed by atoms with Crippen LogP contribution in [0.3, 0.4) is 0 Å². The number of aromatic nitrogens is 2. The van der Waals surface area contributed by atoms with E-state index in [4.69, 9.17) is 0 Å². The van der Waals surface area contributed by atoms with Gasteiger partial charge in [0.15, 0.2) is 5.16 Å². The molecule has 2 aromatic carbocycles. The SMILES string of the molecule is CCCCNc1nc(SCC(=O)NCc2ccc(C)cc2)nc2ccccc12. The maximum absolute atomic E-state index is 12.2. The number of amides is 1. The van der Waals surface area contributed by atoms with E-state index < -0.39 is 0 Å². The Labute approximate surface area is 170 Å². The van der Waals surface area contributed by atoms with Crippen molar-refractivity contribution in [1.29, 1.82) is 0 Å². The number of aryl methyl sites for hydroxylation is 1. The van der Waals surface area contributed by atoms with Crippen molar-refractivity contribution in [2.75, 3.05) is 17.6 Å². The summed E-state index contributed by atoms with van der Waals surface area (Å²) in [5.74, 6) is 1.10. The van der Waals surface area contributed by atoms with Gasteiger partial charge in [-0.15, -0.1) is 0 Å². The summed E-state index contributed by atoms with van der Waals surface area (Å²) in [4.78, 5) is 21.4. The van der Waals surface area contributed by atoms with Gasteiger partial charge in [-0.2, -0.15) is 0 Å². The average molecular weight is 395 g/mol. The van der Waals surface area contributed by atoms with Crippen LogP contribution in [-0.4, -0.2) is 28.2 Å². The molecule has 3 aromatic rings.